The van der Waals surface area contributed by atoms with E-state index in [2.05, 4.69) is 5.32 Å². The highest BCUT2D eigenvalue weighted by Gasteiger charge is 2.19. The van der Waals surface area contributed by atoms with Crippen LogP contribution >= 0.6 is 10.7 Å². The Labute approximate surface area is 127 Å². The maximum atomic E-state index is 11.8. The van der Waals surface area contributed by atoms with Gasteiger partial charge in [-0.3, -0.25) is 4.79 Å². The molecule has 2 rings (SSSR count). The first-order valence-corrected chi connectivity index (χ1v) is 8.52. The van der Waals surface area contributed by atoms with Gasteiger partial charge in [0.15, 0.2) is 0 Å². The van der Waals surface area contributed by atoms with Crippen molar-refractivity contribution in [3.8, 4) is 0 Å². The number of amides is 1. The van der Waals surface area contributed by atoms with E-state index in [4.69, 9.17) is 15.4 Å². The number of benzene rings is 1. The molecule has 1 aromatic heterocycles. The zero-order valence-electron chi connectivity index (χ0n) is 11.4. The number of rotatable bonds is 6. The third-order valence-corrected chi connectivity index (χ3v) is 4.31. The number of nitrogens with one attached hydrogen (secondary N) is 1. The molecule has 0 aliphatic rings. The van der Waals surface area contributed by atoms with E-state index in [0.717, 1.165) is 0 Å². The van der Waals surface area contributed by atoms with Crippen molar-refractivity contribution in [3.05, 3.63) is 30.5 Å². The molecule has 0 radical (unpaired) electrons. The smallest absolute Gasteiger partial charge is 0.263 e. The molecule has 0 fully saturated rings. The molecule has 8 heteroatoms. The van der Waals surface area contributed by atoms with E-state index in [1.54, 1.807) is 35.9 Å². The van der Waals surface area contributed by atoms with Crippen molar-refractivity contribution in [1.29, 1.82) is 0 Å². The molecular weight excluding hydrogens is 316 g/mol. The average molecular weight is 331 g/mol. The summed E-state index contributed by atoms with van der Waals surface area (Å²) in [5.41, 5.74) is 0.638. The average Bonchev–Trinajstić information content (AvgIpc) is 2.78. The van der Waals surface area contributed by atoms with Crippen LogP contribution in [0.4, 0.5) is 0 Å². The van der Waals surface area contributed by atoms with Gasteiger partial charge in [-0.2, -0.15) is 0 Å². The van der Waals surface area contributed by atoms with Crippen LogP contribution in [0.15, 0.2) is 35.4 Å². The van der Waals surface area contributed by atoms with Crippen molar-refractivity contribution in [2.45, 2.75) is 11.4 Å². The predicted molar refractivity (Wildman–Crippen MR) is 79.9 cm³/mol. The van der Waals surface area contributed by atoms with Crippen molar-refractivity contribution in [3.63, 3.8) is 0 Å². The first-order chi connectivity index (χ1) is 9.93. The maximum absolute atomic E-state index is 11.8. The van der Waals surface area contributed by atoms with E-state index < -0.39 is 9.05 Å². The maximum Gasteiger partial charge on any atom is 0.263 e. The fourth-order valence-electron chi connectivity index (χ4n) is 2.04. The summed E-state index contributed by atoms with van der Waals surface area (Å²) in [4.78, 5) is 11.8. The number of nitrogens with zero attached hydrogens (tertiary/aromatic N) is 1. The Morgan fingerprint density at radius 3 is 2.76 bits per heavy atom. The summed E-state index contributed by atoms with van der Waals surface area (Å²) in [5.74, 6) is -0.230. The predicted octanol–water partition coefficient (Wildman–Crippen LogP) is 1.33. The topological polar surface area (TPSA) is 77.4 Å². The quantitative estimate of drug-likeness (QED) is 0.640. The van der Waals surface area contributed by atoms with Crippen LogP contribution in [0.5, 0.6) is 0 Å². The number of para-hydroxylation sites is 1. The van der Waals surface area contributed by atoms with Crippen molar-refractivity contribution in [2.75, 3.05) is 20.3 Å². The SMILES string of the molecule is COCCNC(=O)Cn1cc(S(=O)(=O)Cl)c2ccccc21. The van der Waals surface area contributed by atoms with Gasteiger partial charge in [-0.05, 0) is 6.07 Å². The summed E-state index contributed by atoms with van der Waals surface area (Å²) in [6.45, 7) is 0.825. The Bertz CT molecular complexity index is 755. The first kappa shape index (κ1) is 15.8. The van der Waals surface area contributed by atoms with Gasteiger partial charge in [-0.1, -0.05) is 18.2 Å². The number of methoxy groups -OCH3 is 1. The largest absolute Gasteiger partial charge is 0.383 e. The van der Waals surface area contributed by atoms with Gasteiger partial charge in [0.25, 0.3) is 9.05 Å². The third-order valence-electron chi connectivity index (χ3n) is 2.96. The molecule has 114 valence electrons. The van der Waals surface area contributed by atoms with E-state index in [9.17, 15) is 13.2 Å². The summed E-state index contributed by atoms with van der Waals surface area (Å²) < 4.78 is 29.6. The molecule has 0 bridgehead atoms. The van der Waals surface area contributed by atoms with Crippen LogP contribution in [-0.4, -0.2) is 39.2 Å². The fraction of sp³-hybridized carbons (Fsp3) is 0.308. The molecule has 0 spiro atoms. The van der Waals surface area contributed by atoms with Gasteiger partial charge in [-0.15, -0.1) is 0 Å². The van der Waals surface area contributed by atoms with Crippen LogP contribution < -0.4 is 5.32 Å². The Balaban J connectivity index is 2.30. The van der Waals surface area contributed by atoms with Crippen LogP contribution in [-0.2, 0) is 25.1 Å². The number of carbonyl (C=O) groups excluding carboxylic acids is 1. The van der Waals surface area contributed by atoms with E-state index in [-0.39, 0.29) is 17.3 Å². The van der Waals surface area contributed by atoms with Gasteiger partial charge < -0.3 is 14.6 Å². The van der Waals surface area contributed by atoms with Gasteiger partial charge in [0.05, 0.1) is 6.61 Å². The lowest BCUT2D eigenvalue weighted by Gasteiger charge is -2.06. The van der Waals surface area contributed by atoms with Crippen molar-refractivity contribution >= 4 is 36.5 Å². The molecule has 0 saturated carbocycles. The molecular formula is C13H15ClN2O4S. The lowest BCUT2D eigenvalue weighted by atomic mass is 10.2. The summed E-state index contributed by atoms with van der Waals surface area (Å²) in [6, 6.07) is 6.89. The minimum atomic E-state index is -3.87. The normalized spacial score (nSPS) is 11.7. The second-order valence-corrected chi connectivity index (χ2v) is 6.95. The lowest BCUT2D eigenvalue weighted by molar-refractivity contribution is -0.121. The second kappa shape index (κ2) is 6.46. The molecule has 1 amide bonds. The molecule has 0 atom stereocenters. The Kier molecular flexibility index (Phi) is 4.87. The zero-order valence-corrected chi connectivity index (χ0v) is 12.9. The van der Waals surface area contributed by atoms with Crippen LogP contribution in [0.3, 0.4) is 0 Å². The monoisotopic (exact) mass is 330 g/mol. The highest BCUT2D eigenvalue weighted by Crippen LogP contribution is 2.27. The highest BCUT2D eigenvalue weighted by atomic mass is 35.7. The molecule has 2 aromatic rings. The standard InChI is InChI=1S/C13H15ClN2O4S/c1-20-7-6-15-13(17)9-16-8-12(21(14,18)19)10-4-2-3-5-11(10)16/h2-5,8H,6-7,9H2,1H3,(H,15,17). The lowest BCUT2D eigenvalue weighted by Crippen LogP contribution is -2.30. The van der Waals surface area contributed by atoms with E-state index in [0.29, 0.717) is 24.1 Å². The number of aromatic nitrogens is 1. The molecule has 0 saturated heterocycles. The molecule has 6 nitrogen and oxygen atoms in total. The van der Waals surface area contributed by atoms with Gasteiger partial charge in [0.1, 0.15) is 11.4 Å². The number of fused-ring (bicyclic) bond motifs is 1. The number of hydrogen-bond acceptors (Lipinski definition) is 4. The van der Waals surface area contributed by atoms with Crippen molar-refractivity contribution < 1.29 is 17.9 Å². The number of ether oxygens (including phenoxy) is 1. The number of hydrogen-bond donors (Lipinski definition) is 1. The second-order valence-electron chi connectivity index (χ2n) is 4.42. The van der Waals surface area contributed by atoms with E-state index >= 15 is 0 Å². The van der Waals surface area contributed by atoms with E-state index in [1.165, 1.54) is 6.20 Å². The summed E-state index contributed by atoms with van der Waals surface area (Å²) in [5, 5.41) is 3.17. The highest BCUT2D eigenvalue weighted by molar-refractivity contribution is 8.14. The molecule has 1 aromatic carbocycles. The Hall–Kier alpha value is -1.57. The Morgan fingerprint density at radius 1 is 1.38 bits per heavy atom. The van der Waals surface area contributed by atoms with Crippen LogP contribution in [0.1, 0.15) is 0 Å². The van der Waals surface area contributed by atoms with Gasteiger partial charge >= 0.3 is 0 Å². The Morgan fingerprint density at radius 2 is 2.10 bits per heavy atom. The zero-order chi connectivity index (χ0) is 15.5. The third kappa shape index (κ3) is 3.75. The van der Waals surface area contributed by atoms with Crippen LogP contribution in [0.25, 0.3) is 10.9 Å². The van der Waals surface area contributed by atoms with Crippen LogP contribution in [0.2, 0.25) is 0 Å². The van der Waals surface area contributed by atoms with Crippen LogP contribution in [0, 0.1) is 0 Å². The van der Waals surface area contributed by atoms with Crippen molar-refractivity contribution in [1.82, 2.24) is 9.88 Å². The minimum Gasteiger partial charge on any atom is -0.383 e. The van der Waals surface area contributed by atoms with Gasteiger partial charge in [0, 0.05) is 41.4 Å². The summed E-state index contributed by atoms with van der Waals surface area (Å²) in [7, 11) is 3.11. The minimum absolute atomic E-state index is 0.00413. The van der Waals surface area contributed by atoms with Crippen molar-refractivity contribution in [2.24, 2.45) is 0 Å². The molecule has 1 heterocycles. The van der Waals surface area contributed by atoms with Gasteiger partial charge in [-0.25, -0.2) is 8.42 Å². The van der Waals surface area contributed by atoms with Gasteiger partial charge in [0.2, 0.25) is 5.91 Å². The first-order valence-electron chi connectivity index (χ1n) is 6.21. The molecule has 0 aliphatic carbocycles. The summed E-state index contributed by atoms with van der Waals surface area (Å²) >= 11 is 0. The number of halogens is 1. The van der Waals surface area contributed by atoms with E-state index in [1.807, 2.05) is 0 Å². The molecule has 21 heavy (non-hydrogen) atoms. The molecule has 0 aliphatic heterocycles. The molecule has 1 N–H and O–H groups in total. The number of carbonyl (C=O) groups is 1. The summed E-state index contributed by atoms with van der Waals surface area (Å²) in [6.07, 6.45) is 1.38. The fourth-order valence-corrected chi connectivity index (χ4v) is 3.10. The molecule has 0 unspecified atom stereocenters.